The molecule has 3 aromatic heterocycles. The lowest BCUT2D eigenvalue weighted by Crippen LogP contribution is -2.36. The maximum Gasteiger partial charge on any atom is 0.255 e. The monoisotopic (exact) mass is 529 g/mol. The molecular formula is C31H39N5O3. The first-order valence-corrected chi connectivity index (χ1v) is 13.9. The Labute approximate surface area is 229 Å². The third-order valence-electron chi connectivity index (χ3n) is 8.49. The number of pyridine rings is 1. The molecule has 1 aromatic carbocycles. The molecule has 0 amide bonds. The van der Waals surface area contributed by atoms with E-state index in [1.54, 1.807) is 7.11 Å². The van der Waals surface area contributed by atoms with Crippen LogP contribution in [0.1, 0.15) is 65.4 Å². The van der Waals surface area contributed by atoms with E-state index in [-0.39, 0.29) is 23.8 Å². The number of nitrogens with zero attached hydrogens (tertiary/aromatic N) is 4. The second-order valence-corrected chi connectivity index (χ2v) is 10.9. The second-order valence-electron chi connectivity index (χ2n) is 10.9. The number of aromatic amines is 1. The lowest BCUT2D eigenvalue weighted by Gasteiger charge is -2.36. The van der Waals surface area contributed by atoms with Crippen molar-refractivity contribution < 1.29 is 9.53 Å². The Balaban J connectivity index is 1.35. The Morgan fingerprint density at radius 2 is 1.95 bits per heavy atom. The van der Waals surface area contributed by atoms with Crippen LogP contribution in [0.4, 0.5) is 0 Å². The lowest BCUT2D eigenvalue weighted by molar-refractivity contribution is 0.0983. The van der Waals surface area contributed by atoms with E-state index in [0.29, 0.717) is 23.7 Å². The highest BCUT2D eigenvalue weighted by Crippen LogP contribution is 2.36. The van der Waals surface area contributed by atoms with Gasteiger partial charge in [0.05, 0.1) is 19.2 Å². The minimum atomic E-state index is -0.193. The maximum atomic E-state index is 13.7. The number of carbonyl (C=O) groups excluding carboxylic acids is 1. The number of ketones is 1. The number of H-pyrrole nitrogens is 1. The summed E-state index contributed by atoms with van der Waals surface area (Å²) in [4.78, 5) is 36.1. The van der Waals surface area contributed by atoms with Gasteiger partial charge in [-0.3, -0.25) is 14.5 Å². The van der Waals surface area contributed by atoms with E-state index in [9.17, 15) is 9.59 Å². The van der Waals surface area contributed by atoms with Crippen molar-refractivity contribution in [3.05, 3.63) is 81.4 Å². The SMILES string of the molecule is COc1cc(C)[nH]c(=O)c1CCC(=O)c1c(C)n([C@H](C)C2CCN(Cc3nccn3C)CC2)c2ccccc12. The van der Waals surface area contributed by atoms with E-state index in [0.717, 1.165) is 66.2 Å². The number of imidazole rings is 1. The van der Waals surface area contributed by atoms with Gasteiger partial charge in [-0.15, -0.1) is 0 Å². The van der Waals surface area contributed by atoms with Crippen molar-refractivity contribution >= 4 is 16.7 Å². The van der Waals surface area contributed by atoms with E-state index in [1.165, 1.54) is 0 Å². The molecule has 8 nitrogen and oxygen atoms in total. The average molecular weight is 530 g/mol. The molecule has 1 saturated heterocycles. The standard InChI is InChI=1S/C31H39N5O3/c1-20-18-28(39-5)25(31(38)33-20)10-11-27(37)30-22(3)36(26-9-7-6-8-24(26)30)21(2)23-12-15-35(16-13-23)19-29-32-14-17-34(29)4/h6-9,14,17-18,21,23H,10-13,15-16,19H2,1-5H3,(H,33,38)/t21-/m1/s1. The van der Waals surface area contributed by atoms with Gasteiger partial charge in [-0.05, 0) is 71.2 Å². The number of ether oxygens (including phenoxy) is 1. The van der Waals surface area contributed by atoms with Crippen LogP contribution in [0.25, 0.3) is 10.9 Å². The highest BCUT2D eigenvalue weighted by molar-refractivity contribution is 6.09. The summed E-state index contributed by atoms with van der Waals surface area (Å²) in [7, 11) is 3.60. The fourth-order valence-corrected chi connectivity index (χ4v) is 6.29. The Bertz CT molecular complexity index is 1540. The van der Waals surface area contributed by atoms with Crippen LogP contribution in [0.2, 0.25) is 0 Å². The molecule has 0 unspecified atom stereocenters. The van der Waals surface area contributed by atoms with Crippen LogP contribution < -0.4 is 10.3 Å². The van der Waals surface area contributed by atoms with Crippen molar-refractivity contribution in [2.45, 2.75) is 59.0 Å². The normalized spacial score (nSPS) is 15.6. The van der Waals surface area contributed by atoms with Crippen LogP contribution in [0.5, 0.6) is 5.75 Å². The van der Waals surface area contributed by atoms with Crippen LogP contribution in [-0.2, 0) is 20.0 Å². The number of hydrogen-bond donors (Lipinski definition) is 1. The number of aryl methyl sites for hydroxylation is 2. The molecule has 1 aliphatic heterocycles. The fraction of sp³-hybridized carbons (Fsp3) is 0.452. The third kappa shape index (κ3) is 5.30. The third-order valence-corrected chi connectivity index (χ3v) is 8.49. The highest BCUT2D eigenvalue weighted by atomic mass is 16.5. The van der Waals surface area contributed by atoms with Gasteiger partial charge in [-0.2, -0.15) is 0 Å². The number of Topliss-reactive ketones (excluding diaryl/α,β-unsaturated/α-hetero) is 1. The summed E-state index contributed by atoms with van der Waals surface area (Å²) in [6.07, 6.45) is 6.65. The molecule has 1 N–H and O–H groups in total. The highest BCUT2D eigenvalue weighted by Gasteiger charge is 2.29. The second kappa shape index (κ2) is 11.2. The molecule has 39 heavy (non-hydrogen) atoms. The summed E-state index contributed by atoms with van der Waals surface area (Å²) in [5.41, 5.74) is 3.95. The molecule has 1 aliphatic rings. The largest absolute Gasteiger partial charge is 0.496 e. The summed E-state index contributed by atoms with van der Waals surface area (Å²) in [6.45, 7) is 9.15. The minimum Gasteiger partial charge on any atom is -0.496 e. The molecular weight excluding hydrogens is 490 g/mol. The zero-order chi connectivity index (χ0) is 27.7. The number of hydrogen-bond acceptors (Lipinski definition) is 5. The molecule has 0 radical (unpaired) electrons. The van der Waals surface area contributed by atoms with Gasteiger partial charge >= 0.3 is 0 Å². The number of likely N-dealkylation sites (tertiary alicyclic amines) is 1. The quantitative estimate of drug-likeness (QED) is 0.309. The summed E-state index contributed by atoms with van der Waals surface area (Å²) >= 11 is 0. The average Bonchev–Trinajstić information content (AvgIpc) is 3.46. The Morgan fingerprint density at radius 1 is 1.21 bits per heavy atom. The Hall–Kier alpha value is -3.65. The molecule has 0 saturated carbocycles. The van der Waals surface area contributed by atoms with E-state index in [1.807, 2.05) is 50.6 Å². The van der Waals surface area contributed by atoms with Gasteiger partial charge < -0.3 is 18.9 Å². The fourth-order valence-electron chi connectivity index (χ4n) is 6.29. The van der Waals surface area contributed by atoms with Crippen LogP contribution >= 0.6 is 0 Å². The summed E-state index contributed by atoms with van der Waals surface area (Å²) in [6, 6.07) is 10.3. The van der Waals surface area contributed by atoms with Crippen LogP contribution in [0, 0.1) is 19.8 Å². The first-order chi connectivity index (χ1) is 18.8. The number of nitrogens with one attached hydrogen (secondary N) is 1. The van der Waals surface area contributed by atoms with Gasteiger partial charge in [-0.1, -0.05) is 18.2 Å². The predicted molar refractivity (Wildman–Crippen MR) is 154 cm³/mol. The van der Waals surface area contributed by atoms with Crippen LogP contribution in [0.3, 0.4) is 0 Å². The van der Waals surface area contributed by atoms with Crippen molar-refractivity contribution in [3.63, 3.8) is 0 Å². The molecule has 1 atom stereocenters. The van der Waals surface area contributed by atoms with Gasteiger partial charge in [0, 0.05) is 59.8 Å². The minimum absolute atomic E-state index is 0.0570. The van der Waals surface area contributed by atoms with Gasteiger partial charge in [0.25, 0.3) is 5.56 Å². The smallest absolute Gasteiger partial charge is 0.255 e. The summed E-state index contributed by atoms with van der Waals surface area (Å²) in [5, 5.41) is 0.990. The Morgan fingerprint density at radius 3 is 2.64 bits per heavy atom. The molecule has 4 heterocycles. The van der Waals surface area contributed by atoms with Crippen molar-refractivity contribution in [2.75, 3.05) is 20.2 Å². The van der Waals surface area contributed by atoms with Gasteiger partial charge in [-0.25, -0.2) is 4.98 Å². The predicted octanol–water partition coefficient (Wildman–Crippen LogP) is 4.98. The number of benzene rings is 1. The summed E-state index contributed by atoms with van der Waals surface area (Å²) < 4.78 is 9.91. The van der Waals surface area contributed by atoms with E-state index >= 15 is 0 Å². The molecule has 0 aliphatic carbocycles. The molecule has 1 fully saturated rings. The van der Waals surface area contributed by atoms with Gasteiger partial charge in [0.15, 0.2) is 5.78 Å². The molecule has 206 valence electrons. The van der Waals surface area contributed by atoms with Gasteiger partial charge in [0.1, 0.15) is 11.6 Å². The number of fused-ring (bicyclic) bond motifs is 1. The number of aromatic nitrogens is 4. The van der Waals surface area contributed by atoms with Crippen molar-refractivity contribution in [2.24, 2.45) is 13.0 Å². The van der Waals surface area contributed by atoms with Crippen LogP contribution in [-0.4, -0.2) is 50.0 Å². The Kier molecular flexibility index (Phi) is 7.75. The van der Waals surface area contributed by atoms with Crippen molar-refractivity contribution in [3.8, 4) is 5.75 Å². The van der Waals surface area contributed by atoms with E-state index in [4.69, 9.17) is 4.74 Å². The molecule has 4 aromatic rings. The maximum absolute atomic E-state index is 13.7. The molecule has 5 rings (SSSR count). The number of para-hydroxylation sites is 1. The topological polar surface area (TPSA) is 85.2 Å². The first-order valence-electron chi connectivity index (χ1n) is 13.9. The molecule has 0 spiro atoms. The number of carbonyl (C=O) groups is 1. The van der Waals surface area contributed by atoms with Gasteiger partial charge in [0.2, 0.25) is 0 Å². The molecule has 8 heteroatoms. The van der Waals surface area contributed by atoms with E-state index in [2.05, 4.69) is 43.9 Å². The number of methoxy groups -OCH3 is 1. The first kappa shape index (κ1) is 26.9. The number of piperidine rings is 1. The van der Waals surface area contributed by atoms with E-state index < -0.39 is 0 Å². The summed E-state index contributed by atoms with van der Waals surface area (Å²) in [5.74, 6) is 2.21. The van der Waals surface area contributed by atoms with Crippen molar-refractivity contribution in [1.29, 1.82) is 0 Å². The number of rotatable bonds is 9. The molecule has 0 bridgehead atoms. The zero-order valence-electron chi connectivity index (χ0n) is 23.7. The lowest BCUT2D eigenvalue weighted by atomic mass is 9.90. The zero-order valence-corrected chi connectivity index (χ0v) is 23.7. The van der Waals surface area contributed by atoms with Crippen LogP contribution in [0.15, 0.2) is 47.5 Å². The van der Waals surface area contributed by atoms with Crippen molar-refractivity contribution in [1.82, 2.24) is 24.0 Å².